The lowest BCUT2D eigenvalue weighted by atomic mass is 10.1. The molecule has 0 spiro atoms. The molecule has 3 aromatic rings. The molecule has 0 bridgehead atoms. The van der Waals surface area contributed by atoms with Crippen molar-refractivity contribution in [3.63, 3.8) is 0 Å². The summed E-state index contributed by atoms with van der Waals surface area (Å²) in [6, 6.07) is 17.8. The monoisotopic (exact) mass is 510 g/mol. The molecule has 188 valence electrons. The number of rotatable bonds is 11. The summed E-state index contributed by atoms with van der Waals surface area (Å²) in [6.45, 7) is 1.17. The van der Waals surface area contributed by atoms with E-state index in [2.05, 4.69) is 15.8 Å². The number of aliphatic hydroxyl groups is 2. The van der Waals surface area contributed by atoms with Crippen LogP contribution in [0.5, 0.6) is 5.75 Å². The molecule has 0 saturated heterocycles. The molecule has 10 heteroatoms. The highest BCUT2D eigenvalue weighted by Crippen LogP contribution is 2.22. The molecule has 0 atom stereocenters. The third-order valence-electron chi connectivity index (χ3n) is 5.18. The molecule has 0 aromatic heterocycles. The first-order chi connectivity index (χ1) is 17.4. The Kier molecular flexibility index (Phi) is 9.96. The number of aromatic hydroxyl groups is 1. The Morgan fingerprint density at radius 2 is 1.67 bits per heavy atom. The molecular weight excluding hydrogens is 484 g/mol. The molecule has 0 heterocycles. The van der Waals surface area contributed by atoms with E-state index < -0.39 is 11.8 Å². The van der Waals surface area contributed by atoms with Crippen molar-refractivity contribution in [2.24, 2.45) is 5.10 Å². The number of hydrogen-bond donors (Lipinski definition) is 5. The minimum absolute atomic E-state index is 0.0411. The molecule has 0 aliphatic rings. The van der Waals surface area contributed by atoms with E-state index in [4.69, 9.17) is 11.6 Å². The van der Waals surface area contributed by atoms with Crippen molar-refractivity contribution in [1.29, 1.82) is 0 Å². The number of benzene rings is 3. The van der Waals surface area contributed by atoms with E-state index in [0.29, 0.717) is 35.8 Å². The van der Waals surface area contributed by atoms with E-state index in [1.807, 2.05) is 11.0 Å². The van der Waals surface area contributed by atoms with Crippen LogP contribution in [0.25, 0.3) is 0 Å². The Bertz CT molecular complexity index is 1210. The summed E-state index contributed by atoms with van der Waals surface area (Å²) < 4.78 is 0. The average molecular weight is 511 g/mol. The molecule has 3 rings (SSSR count). The standard InChI is InChI=1S/C26H27ClN4O5/c27-21-6-9-24(23(15-21)26(36)30-28-16-18-4-7-22(34)8-5-18)29-25(35)20-3-1-2-19(14-20)17-31(10-12-32)11-13-33/h1-9,14-16,32-34H,10-13,17H2,(H,29,35)(H,30,36). The van der Waals surface area contributed by atoms with Crippen LogP contribution in [-0.4, -0.2) is 64.6 Å². The maximum Gasteiger partial charge on any atom is 0.273 e. The van der Waals surface area contributed by atoms with Crippen LogP contribution in [0.15, 0.2) is 71.8 Å². The molecule has 36 heavy (non-hydrogen) atoms. The molecule has 0 radical (unpaired) electrons. The molecule has 5 N–H and O–H groups in total. The molecule has 2 amide bonds. The lowest BCUT2D eigenvalue weighted by Crippen LogP contribution is -2.29. The number of hydrazone groups is 1. The van der Waals surface area contributed by atoms with Gasteiger partial charge in [0.15, 0.2) is 0 Å². The van der Waals surface area contributed by atoms with Gasteiger partial charge < -0.3 is 20.6 Å². The van der Waals surface area contributed by atoms with Crippen molar-refractivity contribution in [2.75, 3.05) is 31.6 Å². The number of anilines is 1. The Hall–Kier alpha value is -3.76. The fourth-order valence-electron chi connectivity index (χ4n) is 3.42. The molecule has 9 nitrogen and oxygen atoms in total. The summed E-state index contributed by atoms with van der Waals surface area (Å²) in [4.78, 5) is 27.6. The van der Waals surface area contributed by atoms with E-state index in [0.717, 1.165) is 5.56 Å². The first-order valence-electron chi connectivity index (χ1n) is 11.2. The van der Waals surface area contributed by atoms with Crippen molar-refractivity contribution in [3.8, 4) is 5.75 Å². The number of carbonyl (C=O) groups is 2. The number of carbonyl (C=O) groups excluding carboxylic acids is 2. The number of nitrogens with one attached hydrogen (secondary N) is 2. The van der Waals surface area contributed by atoms with Crippen LogP contribution in [0.1, 0.15) is 31.8 Å². The Balaban J connectivity index is 1.72. The van der Waals surface area contributed by atoms with E-state index in [1.54, 1.807) is 36.4 Å². The first kappa shape index (κ1) is 26.8. The second-order valence-electron chi connectivity index (χ2n) is 7.86. The van der Waals surface area contributed by atoms with Crippen LogP contribution in [-0.2, 0) is 6.54 Å². The van der Waals surface area contributed by atoms with Crippen LogP contribution in [0.4, 0.5) is 5.69 Å². The van der Waals surface area contributed by atoms with Crippen LogP contribution < -0.4 is 10.7 Å². The van der Waals surface area contributed by atoms with Crippen LogP contribution in [0, 0.1) is 0 Å². The molecule has 0 saturated carbocycles. The third kappa shape index (κ3) is 7.89. The highest BCUT2D eigenvalue weighted by molar-refractivity contribution is 6.31. The summed E-state index contributed by atoms with van der Waals surface area (Å²) in [5, 5.41) is 34.8. The molecule has 0 fully saturated rings. The van der Waals surface area contributed by atoms with Gasteiger partial charge in [0.05, 0.1) is 30.7 Å². The second-order valence-corrected chi connectivity index (χ2v) is 8.29. The molecule has 0 aliphatic heterocycles. The predicted octanol–water partition coefficient (Wildman–Crippen LogP) is 2.85. The van der Waals surface area contributed by atoms with Crippen molar-refractivity contribution >= 4 is 35.3 Å². The molecule has 0 unspecified atom stereocenters. The molecular formula is C26H27ClN4O5. The van der Waals surface area contributed by atoms with E-state index in [9.17, 15) is 24.9 Å². The highest BCUT2D eigenvalue weighted by Gasteiger charge is 2.16. The van der Waals surface area contributed by atoms with Crippen LogP contribution in [0.3, 0.4) is 0 Å². The largest absolute Gasteiger partial charge is 0.508 e. The number of nitrogens with zero attached hydrogens (tertiary/aromatic N) is 2. The maximum atomic E-state index is 13.0. The van der Waals surface area contributed by atoms with E-state index >= 15 is 0 Å². The lowest BCUT2D eigenvalue weighted by molar-refractivity contribution is 0.0956. The maximum absolute atomic E-state index is 13.0. The fourth-order valence-corrected chi connectivity index (χ4v) is 3.59. The Morgan fingerprint density at radius 1 is 0.944 bits per heavy atom. The van der Waals surface area contributed by atoms with Gasteiger partial charge in [-0.15, -0.1) is 0 Å². The van der Waals surface area contributed by atoms with Gasteiger partial charge in [0, 0.05) is 30.2 Å². The van der Waals surface area contributed by atoms with Gasteiger partial charge in [0.1, 0.15) is 5.75 Å². The first-order valence-corrected chi connectivity index (χ1v) is 11.5. The third-order valence-corrected chi connectivity index (χ3v) is 5.41. The van der Waals surface area contributed by atoms with Gasteiger partial charge in [0.2, 0.25) is 0 Å². The molecule has 3 aromatic carbocycles. The SMILES string of the molecule is O=C(Nc1ccc(Cl)cc1C(=O)NN=Cc1ccc(O)cc1)c1cccc(CN(CCO)CCO)c1. The van der Waals surface area contributed by atoms with Crippen molar-refractivity contribution in [2.45, 2.75) is 6.54 Å². The Labute approximate surface area is 213 Å². The smallest absolute Gasteiger partial charge is 0.273 e. The number of phenolic OH excluding ortho intramolecular Hbond substituents is 1. The second kappa shape index (κ2) is 13.4. The van der Waals surface area contributed by atoms with Gasteiger partial charge in [-0.3, -0.25) is 14.5 Å². The average Bonchev–Trinajstić information content (AvgIpc) is 2.86. The topological polar surface area (TPSA) is 134 Å². The molecule has 0 aliphatic carbocycles. The number of amides is 2. The van der Waals surface area contributed by atoms with Crippen LogP contribution in [0.2, 0.25) is 5.02 Å². The van der Waals surface area contributed by atoms with Gasteiger partial charge >= 0.3 is 0 Å². The summed E-state index contributed by atoms with van der Waals surface area (Å²) in [5.41, 5.74) is 4.69. The Morgan fingerprint density at radius 3 is 2.36 bits per heavy atom. The van der Waals surface area contributed by atoms with Gasteiger partial charge in [0.25, 0.3) is 11.8 Å². The minimum atomic E-state index is -0.569. The summed E-state index contributed by atoms with van der Waals surface area (Å²) in [7, 11) is 0. The van der Waals surface area contributed by atoms with Crippen LogP contribution >= 0.6 is 11.6 Å². The van der Waals surface area contributed by atoms with E-state index in [1.165, 1.54) is 30.5 Å². The van der Waals surface area contributed by atoms with Crippen molar-refractivity contribution in [3.05, 3.63) is 94.0 Å². The number of halogens is 1. The zero-order valence-corrected chi connectivity index (χ0v) is 20.2. The number of hydrogen-bond acceptors (Lipinski definition) is 7. The normalized spacial score (nSPS) is 11.1. The summed E-state index contributed by atoms with van der Waals surface area (Å²) in [6.07, 6.45) is 1.42. The quantitative estimate of drug-likeness (QED) is 0.199. The fraction of sp³-hybridized carbons (Fsp3) is 0.192. The van der Waals surface area contributed by atoms with Gasteiger partial charge in [-0.05, 0) is 65.7 Å². The van der Waals surface area contributed by atoms with Crippen molar-refractivity contribution < 1.29 is 24.9 Å². The number of aliphatic hydroxyl groups excluding tert-OH is 2. The summed E-state index contributed by atoms with van der Waals surface area (Å²) in [5.74, 6) is -0.870. The minimum Gasteiger partial charge on any atom is -0.508 e. The zero-order valence-electron chi connectivity index (χ0n) is 19.4. The highest BCUT2D eigenvalue weighted by atomic mass is 35.5. The van der Waals surface area contributed by atoms with E-state index in [-0.39, 0.29) is 30.2 Å². The van der Waals surface area contributed by atoms with Gasteiger partial charge in [-0.1, -0.05) is 23.7 Å². The lowest BCUT2D eigenvalue weighted by Gasteiger charge is -2.20. The summed E-state index contributed by atoms with van der Waals surface area (Å²) >= 11 is 6.08. The van der Waals surface area contributed by atoms with Gasteiger partial charge in [-0.2, -0.15) is 5.10 Å². The van der Waals surface area contributed by atoms with Crippen molar-refractivity contribution in [1.82, 2.24) is 10.3 Å². The predicted molar refractivity (Wildman–Crippen MR) is 138 cm³/mol. The number of phenols is 1. The zero-order chi connectivity index (χ0) is 25.9. The van der Waals surface area contributed by atoms with Gasteiger partial charge in [-0.25, -0.2) is 5.43 Å².